The summed E-state index contributed by atoms with van der Waals surface area (Å²) in [6.07, 6.45) is 0. The summed E-state index contributed by atoms with van der Waals surface area (Å²) in [6.45, 7) is 3.93. The standard InChI is InChI=1S/C11H13BrCl3NO2S/c1-6(2)10(15)5-16-19(17,18)11-8(13)3-7(12)4-9(11)14/h3-4,6,10,16H,5H2,1-2H3. The third kappa shape index (κ3) is 4.76. The van der Waals surface area contributed by atoms with Crippen LogP contribution in [-0.4, -0.2) is 20.3 Å². The van der Waals surface area contributed by atoms with Gasteiger partial charge in [0.05, 0.1) is 10.0 Å². The van der Waals surface area contributed by atoms with E-state index in [4.69, 9.17) is 34.8 Å². The van der Waals surface area contributed by atoms with Gasteiger partial charge in [0.2, 0.25) is 10.0 Å². The molecule has 0 aliphatic heterocycles. The number of benzene rings is 1. The maximum Gasteiger partial charge on any atom is 0.243 e. The summed E-state index contributed by atoms with van der Waals surface area (Å²) in [5.74, 6) is 0.153. The van der Waals surface area contributed by atoms with Crippen molar-refractivity contribution >= 4 is 60.8 Å². The van der Waals surface area contributed by atoms with Gasteiger partial charge in [0.25, 0.3) is 0 Å². The van der Waals surface area contributed by atoms with E-state index < -0.39 is 10.0 Å². The fraction of sp³-hybridized carbons (Fsp3) is 0.455. The minimum atomic E-state index is -3.79. The van der Waals surface area contributed by atoms with Gasteiger partial charge in [-0.1, -0.05) is 53.0 Å². The first kappa shape index (κ1) is 17.5. The van der Waals surface area contributed by atoms with Crippen molar-refractivity contribution in [1.29, 1.82) is 0 Å². The molecule has 1 rings (SSSR count). The van der Waals surface area contributed by atoms with Gasteiger partial charge in [-0.15, -0.1) is 11.6 Å². The number of nitrogens with one attached hydrogen (secondary N) is 1. The van der Waals surface area contributed by atoms with E-state index in [2.05, 4.69) is 20.7 Å². The molecule has 8 heteroatoms. The first-order chi connectivity index (χ1) is 8.65. The van der Waals surface area contributed by atoms with Crippen LogP contribution in [0.15, 0.2) is 21.5 Å². The zero-order valence-corrected chi connectivity index (χ0v) is 14.9. The van der Waals surface area contributed by atoms with Gasteiger partial charge in [-0.3, -0.25) is 0 Å². The zero-order chi connectivity index (χ0) is 14.8. The Kier molecular flexibility index (Phi) is 6.42. The van der Waals surface area contributed by atoms with E-state index in [9.17, 15) is 8.42 Å². The number of rotatable bonds is 5. The van der Waals surface area contributed by atoms with Crippen LogP contribution in [0.1, 0.15) is 13.8 Å². The molecule has 0 bridgehead atoms. The minimum Gasteiger partial charge on any atom is -0.210 e. The molecule has 1 aromatic carbocycles. The Labute approximate surface area is 136 Å². The second-order valence-corrected chi connectivity index (χ2v) is 8.30. The van der Waals surface area contributed by atoms with Gasteiger partial charge in [0.15, 0.2) is 0 Å². The highest BCUT2D eigenvalue weighted by molar-refractivity contribution is 9.10. The van der Waals surface area contributed by atoms with Crippen molar-refractivity contribution in [3.8, 4) is 0 Å². The summed E-state index contributed by atoms with van der Waals surface area (Å²) in [5.41, 5.74) is 0. The highest BCUT2D eigenvalue weighted by Crippen LogP contribution is 2.32. The average molecular weight is 410 g/mol. The molecule has 3 nitrogen and oxygen atoms in total. The molecule has 1 aromatic rings. The molecule has 0 aliphatic carbocycles. The predicted octanol–water partition coefficient (Wildman–Crippen LogP) is 4.30. The highest BCUT2D eigenvalue weighted by Gasteiger charge is 2.23. The van der Waals surface area contributed by atoms with Gasteiger partial charge in [0, 0.05) is 16.4 Å². The van der Waals surface area contributed by atoms with Crippen molar-refractivity contribution in [2.45, 2.75) is 24.1 Å². The molecule has 1 atom stereocenters. The maximum atomic E-state index is 12.2. The van der Waals surface area contributed by atoms with Crippen LogP contribution in [0.2, 0.25) is 10.0 Å². The van der Waals surface area contributed by atoms with Crippen molar-refractivity contribution < 1.29 is 8.42 Å². The molecular weight excluding hydrogens is 396 g/mol. The van der Waals surface area contributed by atoms with E-state index in [0.29, 0.717) is 4.47 Å². The largest absolute Gasteiger partial charge is 0.243 e. The van der Waals surface area contributed by atoms with Crippen LogP contribution in [0.4, 0.5) is 0 Å². The molecule has 0 spiro atoms. The number of hydrogen-bond acceptors (Lipinski definition) is 2. The van der Waals surface area contributed by atoms with Crippen molar-refractivity contribution in [3.05, 3.63) is 26.7 Å². The minimum absolute atomic E-state index is 0.0579. The Balaban J connectivity index is 3.02. The molecule has 0 radical (unpaired) electrons. The Hall–Kier alpha value is 0.480. The summed E-state index contributed by atoms with van der Waals surface area (Å²) < 4.78 is 27.3. The van der Waals surface area contributed by atoms with Gasteiger partial charge in [-0.25, -0.2) is 13.1 Å². The average Bonchev–Trinajstić information content (AvgIpc) is 2.23. The van der Waals surface area contributed by atoms with Crippen LogP contribution >= 0.6 is 50.7 Å². The maximum absolute atomic E-state index is 12.2. The lowest BCUT2D eigenvalue weighted by Gasteiger charge is -2.15. The molecule has 19 heavy (non-hydrogen) atoms. The normalized spacial score (nSPS) is 13.8. The number of halogens is 4. The van der Waals surface area contributed by atoms with Crippen LogP contribution in [-0.2, 0) is 10.0 Å². The van der Waals surface area contributed by atoms with E-state index in [0.717, 1.165) is 0 Å². The Bertz CT molecular complexity index is 540. The number of alkyl halides is 1. The third-order valence-corrected chi connectivity index (χ3v) is 5.88. The van der Waals surface area contributed by atoms with Gasteiger partial charge < -0.3 is 0 Å². The molecular formula is C11H13BrCl3NO2S. The Morgan fingerprint density at radius 2 is 1.74 bits per heavy atom. The van der Waals surface area contributed by atoms with E-state index in [1.54, 1.807) is 0 Å². The molecule has 0 amide bonds. The molecule has 0 aromatic heterocycles. The van der Waals surface area contributed by atoms with Crippen LogP contribution < -0.4 is 4.72 Å². The predicted molar refractivity (Wildman–Crippen MR) is 83.8 cm³/mol. The second-order valence-electron chi connectivity index (χ2n) is 4.31. The van der Waals surface area contributed by atoms with Gasteiger partial charge >= 0.3 is 0 Å². The fourth-order valence-corrected chi connectivity index (χ4v) is 4.44. The number of hydrogen-bond donors (Lipinski definition) is 1. The first-order valence-electron chi connectivity index (χ1n) is 5.43. The lowest BCUT2D eigenvalue weighted by atomic mass is 10.1. The summed E-state index contributed by atoms with van der Waals surface area (Å²) in [5, 5.41) is -0.187. The summed E-state index contributed by atoms with van der Waals surface area (Å²) in [4.78, 5) is -0.133. The van der Waals surface area contributed by atoms with Crippen molar-refractivity contribution in [1.82, 2.24) is 4.72 Å². The van der Waals surface area contributed by atoms with Crippen LogP contribution in [0.25, 0.3) is 0 Å². The van der Waals surface area contributed by atoms with Crippen LogP contribution in [0.3, 0.4) is 0 Å². The molecule has 1 N–H and O–H groups in total. The van der Waals surface area contributed by atoms with Gasteiger partial charge in [-0.05, 0) is 18.1 Å². The third-order valence-electron chi connectivity index (χ3n) is 2.42. The van der Waals surface area contributed by atoms with Crippen LogP contribution in [0.5, 0.6) is 0 Å². The van der Waals surface area contributed by atoms with Gasteiger partial charge in [-0.2, -0.15) is 0 Å². The van der Waals surface area contributed by atoms with E-state index >= 15 is 0 Å². The van der Waals surface area contributed by atoms with E-state index in [1.165, 1.54) is 12.1 Å². The first-order valence-corrected chi connectivity index (χ1v) is 8.90. The Morgan fingerprint density at radius 1 is 1.26 bits per heavy atom. The Morgan fingerprint density at radius 3 is 2.16 bits per heavy atom. The summed E-state index contributed by atoms with van der Waals surface area (Å²) >= 11 is 21.1. The van der Waals surface area contributed by atoms with Crippen molar-refractivity contribution in [2.24, 2.45) is 5.92 Å². The lowest BCUT2D eigenvalue weighted by Crippen LogP contribution is -2.32. The fourth-order valence-electron chi connectivity index (χ4n) is 1.28. The van der Waals surface area contributed by atoms with Crippen molar-refractivity contribution in [3.63, 3.8) is 0 Å². The smallest absolute Gasteiger partial charge is 0.210 e. The summed E-state index contributed by atoms with van der Waals surface area (Å²) in [7, 11) is -3.79. The zero-order valence-electron chi connectivity index (χ0n) is 10.3. The van der Waals surface area contributed by atoms with Crippen molar-refractivity contribution in [2.75, 3.05) is 6.54 Å². The molecule has 0 heterocycles. The van der Waals surface area contributed by atoms with Gasteiger partial charge in [0.1, 0.15) is 4.90 Å². The SMILES string of the molecule is CC(C)C(Cl)CNS(=O)(=O)c1c(Cl)cc(Br)cc1Cl. The quantitative estimate of drug-likeness (QED) is 0.737. The molecule has 0 aliphatic rings. The lowest BCUT2D eigenvalue weighted by molar-refractivity contribution is 0.556. The molecule has 0 saturated heterocycles. The van der Waals surface area contributed by atoms with E-state index in [-0.39, 0.29) is 32.8 Å². The topological polar surface area (TPSA) is 46.2 Å². The van der Waals surface area contributed by atoms with E-state index in [1.807, 2.05) is 13.8 Å². The number of sulfonamides is 1. The highest BCUT2D eigenvalue weighted by atomic mass is 79.9. The molecule has 108 valence electrons. The summed E-state index contributed by atoms with van der Waals surface area (Å²) in [6, 6.07) is 2.95. The van der Waals surface area contributed by atoms with Crippen LogP contribution in [0, 0.1) is 5.92 Å². The monoisotopic (exact) mass is 407 g/mol. The second kappa shape index (κ2) is 6.96. The molecule has 0 saturated carbocycles. The molecule has 1 unspecified atom stereocenters. The molecule has 0 fully saturated rings.